The van der Waals surface area contributed by atoms with Crippen LogP contribution in [0.25, 0.3) is 0 Å². The Morgan fingerprint density at radius 1 is 1.37 bits per heavy atom. The zero-order valence-electron chi connectivity index (χ0n) is 10.4. The largest absolute Gasteiger partial charge is 0.405 e. The summed E-state index contributed by atoms with van der Waals surface area (Å²) in [7, 11) is 0. The fraction of sp³-hybridized carbons (Fsp3) is 0.500. The van der Waals surface area contributed by atoms with Gasteiger partial charge in [-0.1, -0.05) is 0 Å². The van der Waals surface area contributed by atoms with Crippen LogP contribution in [0.15, 0.2) is 18.2 Å². The Morgan fingerprint density at radius 2 is 2.00 bits per heavy atom. The van der Waals surface area contributed by atoms with E-state index in [4.69, 9.17) is 10.8 Å². The van der Waals surface area contributed by atoms with Crippen molar-refractivity contribution in [3.8, 4) is 0 Å². The van der Waals surface area contributed by atoms with Crippen molar-refractivity contribution in [1.82, 2.24) is 0 Å². The molecule has 0 unspecified atom stereocenters. The number of hydrogen-bond acceptors (Lipinski definition) is 3. The number of rotatable bonds is 5. The monoisotopic (exact) mass is 280 g/mol. The molecule has 1 aromatic carbocycles. The van der Waals surface area contributed by atoms with Crippen LogP contribution in [0.1, 0.15) is 18.5 Å². The first-order valence-corrected chi connectivity index (χ1v) is 5.72. The maximum atomic E-state index is 13.1. The third-order valence-corrected chi connectivity index (χ3v) is 2.56. The van der Waals surface area contributed by atoms with Gasteiger partial charge in [0.15, 0.2) is 0 Å². The standard InChI is InChI=1S/C12H16F4N2O/c1-8(17)10-6-9(13)2-3-11(10)18(4-5-19)7-12(14,15)16/h2-3,6,8,19H,4-5,7,17H2,1H3/t8-/m0/s1. The molecule has 108 valence electrons. The molecule has 19 heavy (non-hydrogen) atoms. The fourth-order valence-corrected chi connectivity index (χ4v) is 1.80. The first kappa shape index (κ1) is 15.7. The number of nitrogens with two attached hydrogens (primary N) is 1. The molecule has 1 atom stereocenters. The molecular formula is C12H16F4N2O. The molecule has 0 bridgehead atoms. The Morgan fingerprint density at radius 3 is 2.47 bits per heavy atom. The SMILES string of the molecule is C[C@H](N)c1cc(F)ccc1N(CCO)CC(F)(F)F. The highest BCUT2D eigenvalue weighted by Crippen LogP contribution is 2.29. The van der Waals surface area contributed by atoms with Gasteiger partial charge in [-0.05, 0) is 30.7 Å². The Bertz CT molecular complexity index is 421. The average Bonchev–Trinajstić information content (AvgIpc) is 2.26. The quantitative estimate of drug-likeness (QED) is 0.813. The minimum Gasteiger partial charge on any atom is -0.395 e. The van der Waals surface area contributed by atoms with Crippen molar-refractivity contribution in [3.05, 3.63) is 29.6 Å². The summed E-state index contributed by atoms with van der Waals surface area (Å²) in [6, 6.07) is 2.82. The predicted octanol–water partition coefficient (Wildman–Crippen LogP) is 2.21. The van der Waals surface area contributed by atoms with Crippen molar-refractivity contribution in [2.45, 2.75) is 19.1 Å². The van der Waals surface area contributed by atoms with Gasteiger partial charge in [0.1, 0.15) is 12.4 Å². The summed E-state index contributed by atoms with van der Waals surface area (Å²) in [6.07, 6.45) is -4.42. The molecule has 0 aliphatic heterocycles. The third-order valence-electron chi connectivity index (χ3n) is 2.56. The zero-order valence-corrected chi connectivity index (χ0v) is 10.4. The minimum absolute atomic E-state index is 0.183. The van der Waals surface area contributed by atoms with E-state index < -0.39 is 31.2 Å². The van der Waals surface area contributed by atoms with Crippen molar-refractivity contribution in [2.24, 2.45) is 5.73 Å². The van der Waals surface area contributed by atoms with Crippen LogP contribution in [0.5, 0.6) is 0 Å². The van der Waals surface area contributed by atoms with Crippen LogP contribution >= 0.6 is 0 Å². The second kappa shape index (κ2) is 6.21. The van der Waals surface area contributed by atoms with Crippen LogP contribution in [0.4, 0.5) is 23.2 Å². The van der Waals surface area contributed by atoms with Gasteiger partial charge in [-0.25, -0.2) is 4.39 Å². The lowest BCUT2D eigenvalue weighted by Crippen LogP contribution is -2.37. The Labute approximate surface area is 108 Å². The number of aliphatic hydroxyl groups is 1. The van der Waals surface area contributed by atoms with E-state index in [1.807, 2.05) is 0 Å². The number of aliphatic hydroxyl groups excluding tert-OH is 1. The van der Waals surface area contributed by atoms with Crippen molar-refractivity contribution < 1.29 is 22.7 Å². The third kappa shape index (κ3) is 4.68. The van der Waals surface area contributed by atoms with Crippen molar-refractivity contribution in [1.29, 1.82) is 0 Å². The first-order valence-electron chi connectivity index (χ1n) is 5.72. The van der Waals surface area contributed by atoms with Gasteiger partial charge in [-0.2, -0.15) is 13.2 Å². The highest BCUT2D eigenvalue weighted by Gasteiger charge is 2.31. The van der Waals surface area contributed by atoms with E-state index >= 15 is 0 Å². The van der Waals surface area contributed by atoms with Crippen LogP contribution in [-0.2, 0) is 0 Å². The maximum Gasteiger partial charge on any atom is 0.405 e. The highest BCUT2D eigenvalue weighted by molar-refractivity contribution is 5.55. The van der Waals surface area contributed by atoms with E-state index in [9.17, 15) is 17.6 Å². The maximum absolute atomic E-state index is 13.1. The van der Waals surface area contributed by atoms with Crippen molar-refractivity contribution >= 4 is 5.69 Å². The molecule has 0 saturated heterocycles. The summed E-state index contributed by atoms with van der Waals surface area (Å²) >= 11 is 0. The highest BCUT2D eigenvalue weighted by atomic mass is 19.4. The molecule has 0 radical (unpaired) electrons. The van der Waals surface area contributed by atoms with Crippen LogP contribution in [0.3, 0.4) is 0 Å². The lowest BCUT2D eigenvalue weighted by molar-refractivity contribution is -0.119. The topological polar surface area (TPSA) is 49.5 Å². The number of halogens is 4. The van der Waals surface area contributed by atoms with E-state index in [1.54, 1.807) is 6.92 Å². The molecule has 1 rings (SSSR count). The van der Waals surface area contributed by atoms with Gasteiger partial charge in [0, 0.05) is 18.3 Å². The van der Waals surface area contributed by atoms with Gasteiger partial charge in [0.05, 0.1) is 6.61 Å². The lowest BCUT2D eigenvalue weighted by atomic mass is 10.1. The molecule has 0 aliphatic carbocycles. The van der Waals surface area contributed by atoms with Crippen LogP contribution in [-0.4, -0.2) is 31.0 Å². The zero-order chi connectivity index (χ0) is 14.6. The van der Waals surface area contributed by atoms with E-state index in [2.05, 4.69) is 0 Å². The van der Waals surface area contributed by atoms with Gasteiger partial charge < -0.3 is 15.7 Å². The molecular weight excluding hydrogens is 264 g/mol. The predicted molar refractivity (Wildman–Crippen MR) is 64.4 cm³/mol. The molecule has 0 saturated carbocycles. The lowest BCUT2D eigenvalue weighted by Gasteiger charge is -2.28. The summed E-state index contributed by atoms with van der Waals surface area (Å²) in [4.78, 5) is 0.943. The molecule has 7 heteroatoms. The number of alkyl halides is 3. The van der Waals surface area contributed by atoms with Crippen LogP contribution in [0, 0.1) is 5.82 Å². The normalized spacial score (nSPS) is 13.4. The Balaban J connectivity index is 3.14. The van der Waals surface area contributed by atoms with Gasteiger partial charge in [-0.15, -0.1) is 0 Å². The van der Waals surface area contributed by atoms with E-state index in [0.29, 0.717) is 0 Å². The second-order valence-electron chi connectivity index (χ2n) is 4.25. The van der Waals surface area contributed by atoms with Crippen LogP contribution < -0.4 is 10.6 Å². The van der Waals surface area contributed by atoms with E-state index in [-0.39, 0.29) is 17.8 Å². The summed E-state index contributed by atoms with van der Waals surface area (Å²) in [5, 5.41) is 8.86. The Hall–Kier alpha value is -1.34. The molecule has 1 aromatic rings. The summed E-state index contributed by atoms with van der Waals surface area (Å²) in [5.74, 6) is -0.563. The number of benzene rings is 1. The molecule has 0 spiro atoms. The second-order valence-corrected chi connectivity index (χ2v) is 4.25. The number of hydrogen-bond donors (Lipinski definition) is 2. The molecule has 3 N–H and O–H groups in total. The molecule has 0 aliphatic rings. The molecule has 0 aromatic heterocycles. The molecule has 0 heterocycles. The first-order chi connectivity index (χ1) is 8.74. The van der Waals surface area contributed by atoms with Gasteiger partial charge in [-0.3, -0.25) is 0 Å². The minimum atomic E-state index is -4.42. The van der Waals surface area contributed by atoms with Gasteiger partial charge in [0.2, 0.25) is 0 Å². The smallest absolute Gasteiger partial charge is 0.395 e. The molecule has 0 fully saturated rings. The summed E-state index contributed by atoms with van der Waals surface area (Å²) in [6.45, 7) is -0.307. The van der Waals surface area contributed by atoms with Crippen LogP contribution in [0.2, 0.25) is 0 Å². The fourth-order valence-electron chi connectivity index (χ4n) is 1.80. The van der Waals surface area contributed by atoms with Crippen molar-refractivity contribution in [2.75, 3.05) is 24.6 Å². The molecule has 0 amide bonds. The number of anilines is 1. The average molecular weight is 280 g/mol. The van der Waals surface area contributed by atoms with Gasteiger partial charge in [0.25, 0.3) is 0 Å². The van der Waals surface area contributed by atoms with E-state index in [0.717, 1.165) is 17.0 Å². The summed E-state index contributed by atoms with van der Waals surface area (Å²) < 4.78 is 50.6. The van der Waals surface area contributed by atoms with E-state index in [1.165, 1.54) is 6.07 Å². The van der Waals surface area contributed by atoms with Crippen molar-refractivity contribution in [3.63, 3.8) is 0 Å². The Kier molecular flexibility index (Phi) is 5.13. The summed E-state index contributed by atoms with van der Waals surface area (Å²) in [5.41, 5.74) is 6.10. The van der Waals surface area contributed by atoms with Gasteiger partial charge >= 0.3 is 6.18 Å². The number of nitrogens with zero attached hydrogens (tertiary/aromatic N) is 1. The molecule has 3 nitrogen and oxygen atoms in total.